The fourth-order valence-electron chi connectivity index (χ4n) is 2.96. The van der Waals surface area contributed by atoms with Crippen LogP contribution in [0.25, 0.3) is 0 Å². The Hall–Kier alpha value is -1.31. The molecule has 3 rings (SSSR count). The van der Waals surface area contributed by atoms with Crippen LogP contribution in [0, 0.1) is 0 Å². The van der Waals surface area contributed by atoms with Gasteiger partial charge in [0.05, 0.1) is 0 Å². The van der Waals surface area contributed by atoms with Crippen LogP contribution in [0.5, 0.6) is 0 Å². The Bertz CT molecular complexity index is 613. The van der Waals surface area contributed by atoms with Crippen molar-refractivity contribution in [2.24, 2.45) is 0 Å². The van der Waals surface area contributed by atoms with Crippen molar-refractivity contribution < 1.29 is 4.79 Å². The van der Waals surface area contributed by atoms with Crippen LogP contribution in [-0.4, -0.2) is 5.78 Å². The van der Waals surface area contributed by atoms with Gasteiger partial charge in [-0.15, -0.1) is 0 Å². The van der Waals surface area contributed by atoms with Crippen LogP contribution >= 0.6 is 23.2 Å². The molecule has 3 aliphatic rings. The minimum Gasteiger partial charge on any atom is -0.289 e. The zero-order valence-corrected chi connectivity index (χ0v) is 13.2. The molecule has 0 aliphatic heterocycles. The highest BCUT2D eigenvalue weighted by Crippen LogP contribution is 2.34. The minimum atomic E-state index is 0.207. The van der Waals surface area contributed by atoms with Crippen LogP contribution < -0.4 is 0 Å². The Balaban J connectivity index is 1.92. The molecule has 0 spiro atoms. The molecule has 0 aromatic rings. The van der Waals surface area contributed by atoms with Crippen molar-refractivity contribution in [1.82, 2.24) is 0 Å². The summed E-state index contributed by atoms with van der Waals surface area (Å²) in [4.78, 5) is 12.8. The van der Waals surface area contributed by atoms with E-state index in [-0.39, 0.29) is 5.78 Å². The Morgan fingerprint density at radius 2 is 1.24 bits per heavy atom. The summed E-state index contributed by atoms with van der Waals surface area (Å²) < 4.78 is 0. The van der Waals surface area contributed by atoms with Gasteiger partial charge in [0.25, 0.3) is 0 Å². The summed E-state index contributed by atoms with van der Waals surface area (Å²) >= 11 is 11.9. The van der Waals surface area contributed by atoms with E-state index in [1.54, 1.807) is 0 Å². The molecule has 1 saturated carbocycles. The van der Waals surface area contributed by atoms with Gasteiger partial charge in [0.15, 0.2) is 5.78 Å². The smallest absolute Gasteiger partial charge is 0.185 e. The van der Waals surface area contributed by atoms with E-state index in [1.807, 2.05) is 36.5 Å². The second-order valence-electron chi connectivity index (χ2n) is 5.44. The summed E-state index contributed by atoms with van der Waals surface area (Å²) in [5, 5.41) is 1.49. The Morgan fingerprint density at radius 1 is 0.762 bits per heavy atom. The Kier molecular flexibility index (Phi) is 4.32. The highest BCUT2D eigenvalue weighted by Gasteiger charge is 2.25. The topological polar surface area (TPSA) is 17.1 Å². The fourth-order valence-corrected chi connectivity index (χ4v) is 3.24. The number of hydrogen-bond donors (Lipinski definition) is 0. The SMILES string of the molecule is O=C1C(=C2C=CC(Cl)=CC2)CCCC1=C1C=CC(Cl)=CC1. The van der Waals surface area contributed by atoms with Crippen LogP contribution in [0.15, 0.2) is 68.8 Å². The molecule has 0 saturated heterocycles. The van der Waals surface area contributed by atoms with Crippen LogP contribution in [0.1, 0.15) is 32.1 Å². The van der Waals surface area contributed by atoms with Gasteiger partial charge in [-0.25, -0.2) is 0 Å². The molecule has 0 bridgehead atoms. The normalized spacial score (nSPS) is 29.5. The van der Waals surface area contributed by atoms with E-state index in [0.29, 0.717) is 0 Å². The third kappa shape index (κ3) is 3.14. The number of carbonyl (C=O) groups is 1. The highest BCUT2D eigenvalue weighted by atomic mass is 35.5. The molecule has 0 amide bonds. The standard InChI is InChI=1S/C18H16Cl2O/c19-14-8-4-12(5-9-14)16-2-1-3-17(18(16)21)13-6-10-15(20)11-7-13/h4,6,8-11H,1-3,5,7H2. The van der Waals surface area contributed by atoms with E-state index in [2.05, 4.69) is 0 Å². The van der Waals surface area contributed by atoms with E-state index in [9.17, 15) is 4.79 Å². The maximum Gasteiger partial charge on any atom is 0.185 e. The number of hydrogen-bond acceptors (Lipinski definition) is 1. The van der Waals surface area contributed by atoms with E-state index < -0.39 is 0 Å². The van der Waals surface area contributed by atoms with Crippen LogP contribution in [0.3, 0.4) is 0 Å². The molecule has 1 nitrogen and oxygen atoms in total. The van der Waals surface area contributed by atoms with Gasteiger partial charge in [0.1, 0.15) is 0 Å². The number of ketones is 1. The lowest BCUT2D eigenvalue weighted by Crippen LogP contribution is -2.16. The number of Topliss-reactive ketones (excluding diaryl/α,β-unsaturated/α-hetero) is 1. The van der Waals surface area contributed by atoms with Crippen molar-refractivity contribution in [1.29, 1.82) is 0 Å². The van der Waals surface area contributed by atoms with Crippen molar-refractivity contribution in [2.45, 2.75) is 32.1 Å². The third-order valence-electron chi connectivity index (χ3n) is 4.10. The second kappa shape index (κ2) is 6.21. The van der Waals surface area contributed by atoms with Gasteiger partial charge < -0.3 is 0 Å². The fraction of sp³-hybridized carbons (Fsp3) is 0.278. The Labute approximate surface area is 135 Å². The molecular formula is C18H16Cl2O. The highest BCUT2D eigenvalue weighted by molar-refractivity contribution is 6.31. The van der Waals surface area contributed by atoms with Crippen molar-refractivity contribution in [2.75, 3.05) is 0 Å². The van der Waals surface area contributed by atoms with Crippen LogP contribution in [0.4, 0.5) is 0 Å². The predicted octanol–water partition coefficient (Wildman–Crippen LogP) is 5.50. The quantitative estimate of drug-likeness (QED) is 0.539. The zero-order valence-electron chi connectivity index (χ0n) is 11.7. The lowest BCUT2D eigenvalue weighted by Gasteiger charge is -2.22. The van der Waals surface area contributed by atoms with Gasteiger partial charge >= 0.3 is 0 Å². The number of allylic oxidation sites excluding steroid dienone is 12. The molecule has 0 N–H and O–H groups in total. The zero-order chi connectivity index (χ0) is 14.8. The van der Waals surface area contributed by atoms with Gasteiger partial charge in [0, 0.05) is 21.2 Å². The first kappa shape index (κ1) is 14.6. The van der Waals surface area contributed by atoms with Crippen molar-refractivity contribution in [3.05, 3.63) is 68.8 Å². The molecule has 3 heteroatoms. The van der Waals surface area contributed by atoms with Gasteiger partial charge in [-0.2, -0.15) is 0 Å². The number of rotatable bonds is 0. The van der Waals surface area contributed by atoms with Gasteiger partial charge in [-0.3, -0.25) is 4.79 Å². The van der Waals surface area contributed by atoms with Gasteiger partial charge in [-0.05, 0) is 55.4 Å². The molecule has 0 heterocycles. The second-order valence-corrected chi connectivity index (χ2v) is 6.32. The molecule has 21 heavy (non-hydrogen) atoms. The maximum atomic E-state index is 12.8. The molecule has 0 unspecified atom stereocenters. The summed E-state index contributed by atoms with van der Waals surface area (Å²) in [5.74, 6) is 0.207. The minimum absolute atomic E-state index is 0.207. The Morgan fingerprint density at radius 3 is 1.62 bits per heavy atom. The van der Waals surface area contributed by atoms with Crippen molar-refractivity contribution in [3.63, 3.8) is 0 Å². The molecule has 1 fully saturated rings. The maximum absolute atomic E-state index is 12.8. The third-order valence-corrected chi connectivity index (χ3v) is 4.66. The molecule has 0 atom stereocenters. The number of halogens is 2. The molecule has 0 aromatic heterocycles. The van der Waals surface area contributed by atoms with E-state index >= 15 is 0 Å². The summed E-state index contributed by atoms with van der Waals surface area (Å²) in [5.41, 5.74) is 4.12. The summed E-state index contributed by atoms with van der Waals surface area (Å²) in [6.45, 7) is 0. The van der Waals surface area contributed by atoms with Crippen LogP contribution in [0.2, 0.25) is 0 Å². The average Bonchev–Trinajstić information content (AvgIpc) is 2.50. The summed E-state index contributed by atoms with van der Waals surface area (Å²) in [6, 6.07) is 0. The van der Waals surface area contributed by atoms with Gasteiger partial charge in [0.2, 0.25) is 0 Å². The molecule has 0 radical (unpaired) electrons. The molecule has 0 aromatic carbocycles. The van der Waals surface area contributed by atoms with Gasteiger partial charge in [-0.1, -0.05) is 47.5 Å². The first-order chi connectivity index (χ1) is 10.1. The first-order valence-electron chi connectivity index (χ1n) is 7.21. The lowest BCUT2D eigenvalue weighted by molar-refractivity contribution is -0.113. The average molecular weight is 319 g/mol. The lowest BCUT2D eigenvalue weighted by atomic mass is 9.81. The molecular weight excluding hydrogens is 303 g/mol. The monoisotopic (exact) mass is 318 g/mol. The summed E-state index contributed by atoms with van der Waals surface area (Å²) in [6.07, 6.45) is 15.9. The van der Waals surface area contributed by atoms with Crippen LogP contribution in [-0.2, 0) is 4.79 Å². The number of carbonyl (C=O) groups excluding carboxylic acids is 1. The van der Waals surface area contributed by atoms with E-state index in [1.165, 1.54) is 0 Å². The first-order valence-corrected chi connectivity index (χ1v) is 7.97. The largest absolute Gasteiger partial charge is 0.289 e. The summed E-state index contributed by atoms with van der Waals surface area (Å²) in [7, 11) is 0. The van der Waals surface area contributed by atoms with E-state index in [0.717, 1.165) is 64.5 Å². The van der Waals surface area contributed by atoms with Crippen molar-refractivity contribution >= 4 is 29.0 Å². The van der Waals surface area contributed by atoms with E-state index in [4.69, 9.17) is 23.2 Å². The predicted molar refractivity (Wildman–Crippen MR) is 88.3 cm³/mol. The molecule has 108 valence electrons. The van der Waals surface area contributed by atoms with Crippen molar-refractivity contribution in [3.8, 4) is 0 Å². The molecule has 3 aliphatic carbocycles.